The van der Waals surface area contributed by atoms with Crippen molar-refractivity contribution in [3.63, 3.8) is 0 Å². The molecule has 1 fully saturated rings. The molecule has 0 bridgehead atoms. The minimum atomic E-state index is -0.570. The topological polar surface area (TPSA) is 69.6 Å². The molecule has 2 aromatic rings. The van der Waals surface area contributed by atoms with Gasteiger partial charge in [0.25, 0.3) is 5.91 Å². The maximum absolute atomic E-state index is 13.6. The average Bonchev–Trinajstić information content (AvgIpc) is 2.64. The largest absolute Gasteiger partial charge is 0.393 e. The number of aliphatic hydroxyl groups is 1. The van der Waals surface area contributed by atoms with Gasteiger partial charge in [0.1, 0.15) is 5.82 Å². The Hall–Kier alpha value is -2.73. The summed E-state index contributed by atoms with van der Waals surface area (Å²) in [7, 11) is 0. The molecule has 0 radical (unpaired) electrons. The summed E-state index contributed by atoms with van der Waals surface area (Å²) in [4.78, 5) is 26.2. The lowest BCUT2D eigenvalue weighted by molar-refractivity contribution is -0.132. The number of hydrogen-bond donors (Lipinski definition) is 2. The number of piperidine rings is 1. The highest BCUT2D eigenvalue weighted by Gasteiger charge is 2.21. The highest BCUT2D eigenvalue weighted by atomic mass is 19.1. The number of rotatable bonds is 4. The van der Waals surface area contributed by atoms with Crippen molar-refractivity contribution >= 4 is 17.5 Å². The van der Waals surface area contributed by atoms with Gasteiger partial charge in [0.05, 0.1) is 18.1 Å². The monoisotopic (exact) mass is 356 g/mol. The molecule has 1 aliphatic rings. The minimum Gasteiger partial charge on any atom is -0.393 e. The molecule has 0 saturated carbocycles. The number of carbonyl (C=O) groups excluding carboxylic acids is 2. The van der Waals surface area contributed by atoms with Crippen LogP contribution in [0.3, 0.4) is 0 Å². The molecular weight excluding hydrogens is 335 g/mol. The van der Waals surface area contributed by atoms with Gasteiger partial charge in [-0.15, -0.1) is 0 Å². The molecule has 136 valence electrons. The standard InChI is InChI=1S/C20H21FN2O3/c21-18-4-2-1-3-17(18)20(26)22-15-7-5-14(6-8-15)13-19(25)23-11-9-16(24)10-12-23/h1-8,16,24H,9-13H2,(H,22,26). The SMILES string of the molecule is O=C(Nc1ccc(CC(=O)N2CCC(O)CC2)cc1)c1ccccc1F. The van der Waals surface area contributed by atoms with Crippen LogP contribution in [0, 0.1) is 5.82 Å². The van der Waals surface area contributed by atoms with Crippen molar-refractivity contribution in [3.8, 4) is 0 Å². The molecule has 1 aliphatic heterocycles. The number of hydrogen-bond acceptors (Lipinski definition) is 3. The molecule has 26 heavy (non-hydrogen) atoms. The fourth-order valence-electron chi connectivity index (χ4n) is 2.95. The first-order chi connectivity index (χ1) is 12.5. The molecule has 2 aromatic carbocycles. The van der Waals surface area contributed by atoms with Crippen LogP contribution >= 0.6 is 0 Å². The van der Waals surface area contributed by atoms with Crippen LogP contribution < -0.4 is 5.32 Å². The second kappa shape index (κ2) is 8.10. The van der Waals surface area contributed by atoms with E-state index in [-0.39, 0.29) is 24.0 Å². The molecule has 0 aromatic heterocycles. The van der Waals surface area contributed by atoms with Crippen LogP contribution in [0.25, 0.3) is 0 Å². The Morgan fingerprint density at radius 1 is 1.08 bits per heavy atom. The van der Waals surface area contributed by atoms with Gasteiger partial charge in [0, 0.05) is 18.8 Å². The van der Waals surface area contributed by atoms with E-state index >= 15 is 0 Å². The third-order valence-electron chi connectivity index (χ3n) is 4.50. The van der Waals surface area contributed by atoms with Crippen LogP contribution in [0.2, 0.25) is 0 Å². The van der Waals surface area contributed by atoms with Crippen LogP contribution in [0.15, 0.2) is 48.5 Å². The predicted molar refractivity (Wildman–Crippen MR) is 96.3 cm³/mol. The number of amides is 2. The molecular formula is C20H21FN2O3. The van der Waals surface area contributed by atoms with E-state index in [0.717, 1.165) is 5.56 Å². The van der Waals surface area contributed by atoms with E-state index in [9.17, 15) is 19.1 Å². The van der Waals surface area contributed by atoms with Gasteiger partial charge in [-0.1, -0.05) is 24.3 Å². The summed E-state index contributed by atoms with van der Waals surface area (Å²) >= 11 is 0. The molecule has 1 saturated heterocycles. The maximum atomic E-state index is 13.6. The Balaban J connectivity index is 1.57. The summed E-state index contributed by atoms with van der Waals surface area (Å²) in [5.74, 6) is -1.06. The lowest BCUT2D eigenvalue weighted by Crippen LogP contribution is -2.40. The fourth-order valence-corrected chi connectivity index (χ4v) is 2.95. The third-order valence-corrected chi connectivity index (χ3v) is 4.50. The smallest absolute Gasteiger partial charge is 0.258 e. The van der Waals surface area contributed by atoms with E-state index in [0.29, 0.717) is 31.6 Å². The lowest BCUT2D eigenvalue weighted by Gasteiger charge is -2.29. The second-order valence-electron chi connectivity index (χ2n) is 6.42. The van der Waals surface area contributed by atoms with E-state index < -0.39 is 11.7 Å². The zero-order chi connectivity index (χ0) is 18.5. The van der Waals surface area contributed by atoms with Gasteiger partial charge in [0.2, 0.25) is 5.91 Å². The molecule has 0 unspecified atom stereocenters. The molecule has 6 heteroatoms. The first kappa shape index (κ1) is 18.1. The summed E-state index contributed by atoms with van der Waals surface area (Å²) in [5, 5.41) is 12.2. The van der Waals surface area contributed by atoms with Crippen molar-refractivity contribution in [2.24, 2.45) is 0 Å². The van der Waals surface area contributed by atoms with Crippen molar-refractivity contribution < 1.29 is 19.1 Å². The normalized spacial score (nSPS) is 14.9. The van der Waals surface area contributed by atoms with E-state index in [1.54, 1.807) is 35.2 Å². The Labute approximate surface area is 151 Å². The van der Waals surface area contributed by atoms with Gasteiger partial charge in [0.15, 0.2) is 0 Å². The van der Waals surface area contributed by atoms with Crippen LogP contribution in [-0.4, -0.2) is 41.0 Å². The number of benzene rings is 2. The van der Waals surface area contributed by atoms with E-state index in [4.69, 9.17) is 0 Å². The predicted octanol–water partition coefficient (Wildman–Crippen LogP) is 2.60. The lowest BCUT2D eigenvalue weighted by atomic mass is 10.1. The van der Waals surface area contributed by atoms with E-state index in [1.165, 1.54) is 18.2 Å². The van der Waals surface area contributed by atoms with Crippen LogP contribution in [0.4, 0.5) is 10.1 Å². The molecule has 2 amide bonds. The Morgan fingerprint density at radius 2 is 1.73 bits per heavy atom. The fraction of sp³-hybridized carbons (Fsp3) is 0.300. The number of halogens is 1. The third kappa shape index (κ3) is 4.46. The van der Waals surface area contributed by atoms with Gasteiger partial charge >= 0.3 is 0 Å². The molecule has 5 nitrogen and oxygen atoms in total. The molecule has 0 aliphatic carbocycles. The van der Waals surface area contributed by atoms with Gasteiger partial charge < -0.3 is 15.3 Å². The van der Waals surface area contributed by atoms with Gasteiger partial charge in [-0.05, 0) is 42.7 Å². The molecule has 0 atom stereocenters. The van der Waals surface area contributed by atoms with Crippen molar-refractivity contribution in [2.75, 3.05) is 18.4 Å². The van der Waals surface area contributed by atoms with Crippen molar-refractivity contribution in [2.45, 2.75) is 25.4 Å². The number of nitrogens with one attached hydrogen (secondary N) is 1. The molecule has 2 N–H and O–H groups in total. The van der Waals surface area contributed by atoms with Crippen LogP contribution in [0.5, 0.6) is 0 Å². The van der Waals surface area contributed by atoms with Gasteiger partial charge in [-0.2, -0.15) is 0 Å². The first-order valence-electron chi connectivity index (χ1n) is 8.63. The maximum Gasteiger partial charge on any atom is 0.258 e. The Kier molecular flexibility index (Phi) is 5.63. The summed E-state index contributed by atoms with van der Waals surface area (Å²) in [5.41, 5.74) is 1.36. The number of carbonyl (C=O) groups is 2. The van der Waals surface area contributed by atoms with Crippen LogP contribution in [-0.2, 0) is 11.2 Å². The second-order valence-corrected chi connectivity index (χ2v) is 6.42. The van der Waals surface area contributed by atoms with Gasteiger partial charge in [-0.25, -0.2) is 4.39 Å². The van der Waals surface area contributed by atoms with E-state index in [1.807, 2.05) is 0 Å². The van der Waals surface area contributed by atoms with Crippen molar-refractivity contribution in [3.05, 3.63) is 65.5 Å². The molecule has 3 rings (SSSR count). The Bertz CT molecular complexity index is 784. The number of nitrogens with zero attached hydrogens (tertiary/aromatic N) is 1. The summed E-state index contributed by atoms with van der Waals surface area (Å²) in [6.07, 6.45) is 1.20. The van der Waals surface area contributed by atoms with Gasteiger partial charge in [-0.3, -0.25) is 9.59 Å². The molecule has 1 heterocycles. The summed E-state index contributed by atoms with van der Waals surface area (Å²) in [6.45, 7) is 1.16. The summed E-state index contributed by atoms with van der Waals surface area (Å²) < 4.78 is 13.6. The zero-order valence-corrected chi connectivity index (χ0v) is 14.3. The average molecular weight is 356 g/mol. The minimum absolute atomic E-state index is 0.0148. The highest BCUT2D eigenvalue weighted by molar-refractivity contribution is 6.04. The number of anilines is 1. The van der Waals surface area contributed by atoms with Crippen molar-refractivity contribution in [1.29, 1.82) is 0 Å². The summed E-state index contributed by atoms with van der Waals surface area (Å²) in [6, 6.07) is 12.7. The number of likely N-dealkylation sites (tertiary alicyclic amines) is 1. The highest BCUT2D eigenvalue weighted by Crippen LogP contribution is 2.16. The zero-order valence-electron chi connectivity index (χ0n) is 14.3. The van der Waals surface area contributed by atoms with E-state index in [2.05, 4.69) is 5.32 Å². The molecule has 0 spiro atoms. The quantitative estimate of drug-likeness (QED) is 0.885. The number of aliphatic hydroxyl groups excluding tert-OH is 1. The Morgan fingerprint density at radius 3 is 2.38 bits per heavy atom. The van der Waals surface area contributed by atoms with Crippen LogP contribution in [0.1, 0.15) is 28.8 Å². The first-order valence-corrected chi connectivity index (χ1v) is 8.63. The van der Waals surface area contributed by atoms with Crippen molar-refractivity contribution in [1.82, 2.24) is 4.90 Å².